The number of nitrogens with one attached hydrogen (secondary N) is 1. The van der Waals surface area contributed by atoms with Crippen LogP contribution in [0.4, 0.5) is 0 Å². The highest BCUT2D eigenvalue weighted by molar-refractivity contribution is 8.00. The summed E-state index contributed by atoms with van der Waals surface area (Å²) < 4.78 is 5.01. The predicted molar refractivity (Wildman–Crippen MR) is 78.5 cm³/mol. The predicted octanol–water partition coefficient (Wildman–Crippen LogP) is 2.24. The van der Waals surface area contributed by atoms with Crippen LogP contribution >= 0.6 is 11.8 Å². The molecule has 1 fully saturated rings. The Hall–Kier alpha value is -1.49. The van der Waals surface area contributed by atoms with E-state index in [1.807, 2.05) is 30.3 Å². The van der Waals surface area contributed by atoms with E-state index in [1.54, 1.807) is 6.92 Å². The maximum atomic E-state index is 11.9. The molecule has 2 rings (SSSR count). The number of benzene rings is 1. The third-order valence-corrected chi connectivity index (χ3v) is 4.08. The lowest BCUT2D eigenvalue weighted by Crippen LogP contribution is -2.44. The summed E-state index contributed by atoms with van der Waals surface area (Å²) in [4.78, 5) is 24.8. The van der Waals surface area contributed by atoms with Crippen molar-refractivity contribution in [2.75, 3.05) is 12.4 Å². The van der Waals surface area contributed by atoms with Crippen LogP contribution in [0.3, 0.4) is 0 Å². The first-order valence-corrected chi connectivity index (χ1v) is 7.83. The maximum Gasteiger partial charge on any atom is 0.328 e. The number of ether oxygens (including phenoxy) is 1. The van der Waals surface area contributed by atoms with E-state index in [0.29, 0.717) is 12.4 Å². The van der Waals surface area contributed by atoms with Crippen molar-refractivity contribution < 1.29 is 14.3 Å². The fourth-order valence-electron chi connectivity index (χ4n) is 1.91. The number of carbonyl (C=O) groups is 2. The zero-order chi connectivity index (χ0) is 14.4. The minimum absolute atomic E-state index is 0.121. The molecule has 0 radical (unpaired) electrons. The first-order chi connectivity index (χ1) is 9.70. The van der Waals surface area contributed by atoms with E-state index in [1.165, 1.54) is 11.8 Å². The van der Waals surface area contributed by atoms with Crippen molar-refractivity contribution in [3.8, 4) is 0 Å². The van der Waals surface area contributed by atoms with Crippen LogP contribution in [0.15, 0.2) is 35.2 Å². The Morgan fingerprint density at radius 1 is 1.35 bits per heavy atom. The lowest BCUT2D eigenvalue weighted by molar-refractivity contribution is -0.147. The van der Waals surface area contributed by atoms with Crippen LogP contribution in [0.5, 0.6) is 0 Å². The summed E-state index contributed by atoms with van der Waals surface area (Å²) >= 11 is 1.46. The van der Waals surface area contributed by atoms with E-state index in [2.05, 4.69) is 5.32 Å². The van der Waals surface area contributed by atoms with Crippen LogP contribution in [0, 0.1) is 5.92 Å². The van der Waals surface area contributed by atoms with Gasteiger partial charge in [0.15, 0.2) is 0 Å². The summed E-state index contributed by atoms with van der Waals surface area (Å²) in [6.45, 7) is 2.12. The van der Waals surface area contributed by atoms with E-state index in [0.717, 1.165) is 17.7 Å². The number of hydrogen-bond acceptors (Lipinski definition) is 4. The smallest absolute Gasteiger partial charge is 0.328 e. The molecule has 108 valence electrons. The third kappa shape index (κ3) is 4.56. The second kappa shape index (κ2) is 7.33. The van der Waals surface area contributed by atoms with Gasteiger partial charge in [-0.3, -0.25) is 4.79 Å². The SMILES string of the molecule is CCOC(=O)[C@H](NC(=O)CSc1ccccc1)C1CC1. The van der Waals surface area contributed by atoms with Gasteiger partial charge in [0.05, 0.1) is 12.4 Å². The molecule has 4 nitrogen and oxygen atoms in total. The molecule has 1 atom stereocenters. The number of hydrogen-bond donors (Lipinski definition) is 1. The normalized spacial score (nSPS) is 15.4. The van der Waals surface area contributed by atoms with Gasteiger partial charge < -0.3 is 10.1 Å². The fourth-order valence-corrected chi connectivity index (χ4v) is 2.64. The van der Waals surface area contributed by atoms with Crippen molar-refractivity contribution in [3.63, 3.8) is 0 Å². The van der Waals surface area contributed by atoms with Gasteiger partial charge in [0, 0.05) is 4.90 Å². The van der Waals surface area contributed by atoms with E-state index >= 15 is 0 Å². The molecule has 0 heterocycles. The molecule has 0 aliphatic heterocycles. The molecule has 5 heteroatoms. The van der Waals surface area contributed by atoms with Gasteiger partial charge in [-0.25, -0.2) is 4.79 Å². The van der Waals surface area contributed by atoms with Gasteiger partial charge in [0.1, 0.15) is 6.04 Å². The summed E-state index contributed by atoms with van der Waals surface area (Å²) in [6, 6.07) is 9.26. The van der Waals surface area contributed by atoms with Gasteiger partial charge in [-0.15, -0.1) is 11.8 Å². The lowest BCUT2D eigenvalue weighted by Gasteiger charge is -2.16. The lowest BCUT2D eigenvalue weighted by atomic mass is 10.2. The van der Waals surface area contributed by atoms with E-state index in [-0.39, 0.29) is 17.8 Å². The van der Waals surface area contributed by atoms with Gasteiger partial charge in [-0.05, 0) is 37.8 Å². The molecule has 1 aromatic carbocycles. The summed E-state index contributed by atoms with van der Waals surface area (Å²) in [6.07, 6.45) is 1.96. The number of esters is 1. The molecule has 0 saturated heterocycles. The van der Waals surface area contributed by atoms with E-state index in [4.69, 9.17) is 4.74 Å². The maximum absolute atomic E-state index is 11.9. The van der Waals surface area contributed by atoms with Crippen LogP contribution in [-0.2, 0) is 14.3 Å². The van der Waals surface area contributed by atoms with Gasteiger partial charge in [-0.2, -0.15) is 0 Å². The van der Waals surface area contributed by atoms with Crippen LogP contribution < -0.4 is 5.32 Å². The van der Waals surface area contributed by atoms with Gasteiger partial charge in [0.2, 0.25) is 5.91 Å². The molecule has 1 saturated carbocycles. The molecule has 1 aromatic rings. The Bertz CT molecular complexity index is 459. The molecule has 1 N–H and O–H groups in total. The standard InChI is InChI=1S/C15H19NO3S/c1-2-19-15(18)14(11-8-9-11)16-13(17)10-20-12-6-4-3-5-7-12/h3-7,11,14H,2,8-10H2,1H3,(H,16,17)/t14-/m1/s1. The zero-order valence-electron chi connectivity index (χ0n) is 11.5. The Morgan fingerprint density at radius 3 is 2.65 bits per heavy atom. The molecular weight excluding hydrogens is 274 g/mol. The minimum Gasteiger partial charge on any atom is -0.464 e. The topological polar surface area (TPSA) is 55.4 Å². The summed E-state index contributed by atoms with van der Waals surface area (Å²) in [5, 5.41) is 2.80. The summed E-state index contributed by atoms with van der Waals surface area (Å²) in [7, 11) is 0. The van der Waals surface area contributed by atoms with Crippen molar-refractivity contribution in [3.05, 3.63) is 30.3 Å². The average molecular weight is 293 g/mol. The Labute approximate surface area is 123 Å². The minimum atomic E-state index is -0.473. The molecule has 1 amide bonds. The molecule has 1 aliphatic carbocycles. The molecule has 0 spiro atoms. The monoisotopic (exact) mass is 293 g/mol. The largest absolute Gasteiger partial charge is 0.464 e. The highest BCUT2D eigenvalue weighted by Crippen LogP contribution is 2.33. The molecule has 0 aromatic heterocycles. The van der Waals surface area contributed by atoms with E-state index in [9.17, 15) is 9.59 Å². The van der Waals surface area contributed by atoms with Gasteiger partial charge >= 0.3 is 5.97 Å². The number of rotatable bonds is 7. The highest BCUT2D eigenvalue weighted by Gasteiger charge is 2.38. The van der Waals surface area contributed by atoms with Crippen molar-refractivity contribution in [1.29, 1.82) is 0 Å². The van der Waals surface area contributed by atoms with Crippen molar-refractivity contribution >= 4 is 23.6 Å². The Balaban J connectivity index is 1.81. The molecule has 20 heavy (non-hydrogen) atoms. The first-order valence-electron chi connectivity index (χ1n) is 6.84. The Morgan fingerprint density at radius 2 is 2.05 bits per heavy atom. The van der Waals surface area contributed by atoms with Crippen molar-refractivity contribution in [1.82, 2.24) is 5.32 Å². The quantitative estimate of drug-likeness (QED) is 0.619. The highest BCUT2D eigenvalue weighted by atomic mass is 32.2. The van der Waals surface area contributed by atoms with Gasteiger partial charge in [-0.1, -0.05) is 18.2 Å². The van der Waals surface area contributed by atoms with Crippen molar-refractivity contribution in [2.24, 2.45) is 5.92 Å². The molecule has 0 unspecified atom stereocenters. The van der Waals surface area contributed by atoms with Crippen LogP contribution in [0.2, 0.25) is 0 Å². The van der Waals surface area contributed by atoms with E-state index < -0.39 is 6.04 Å². The third-order valence-electron chi connectivity index (χ3n) is 3.06. The van der Waals surface area contributed by atoms with Crippen LogP contribution in [0.25, 0.3) is 0 Å². The van der Waals surface area contributed by atoms with Crippen molar-refractivity contribution in [2.45, 2.75) is 30.7 Å². The molecule has 0 bridgehead atoms. The number of carbonyl (C=O) groups excluding carboxylic acids is 2. The average Bonchev–Trinajstić information content (AvgIpc) is 3.28. The zero-order valence-corrected chi connectivity index (χ0v) is 12.3. The number of amides is 1. The van der Waals surface area contributed by atoms with Crippen LogP contribution in [-0.4, -0.2) is 30.3 Å². The van der Waals surface area contributed by atoms with Gasteiger partial charge in [0.25, 0.3) is 0 Å². The summed E-state index contributed by atoms with van der Waals surface area (Å²) in [5.41, 5.74) is 0. The summed E-state index contributed by atoms with van der Waals surface area (Å²) in [5.74, 6) is 0.128. The second-order valence-corrected chi connectivity index (χ2v) is 5.79. The first kappa shape index (κ1) is 14.9. The fraction of sp³-hybridized carbons (Fsp3) is 0.467. The van der Waals surface area contributed by atoms with Crippen LogP contribution in [0.1, 0.15) is 19.8 Å². The second-order valence-electron chi connectivity index (χ2n) is 4.74. The molecule has 1 aliphatic rings. The molecular formula is C15H19NO3S. The number of thioether (sulfide) groups is 1. The Kier molecular flexibility index (Phi) is 5.47.